The molecule has 0 radical (unpaired) electrons. The van der Waals surface area contributed by atoms with Crippen molar-refractivity contribution in [2.75, 3.05) is 25.6 Å². The van der Waals surface area contributed by atoms with Crippen LogP contribution in [0.5, 0.6) is 0 Å². The van der Waals surface area contributed by atoms with Crippen LogP contribution in [0.1, 0.15) is 40.0 Å². The quantitative estimate of drug-likeness (QED) is 0.115. The van der Waals surface area contributed by atoms with E-state index in [4.69, 9.17) is 18.8 Å². The van der Waals surface area contributed by atoms with Crippen molar-refractivity contribution in [1.29, 1.82) is 0 Å². The van der Waals surface area contributed by atoms with Gasteiger partial charge in [-0.3, -0.25) is 9.35 Å². The van der Waals surface area contributed by atoms with Crippen molar-refractivity contribution in [3.63, 3.8) is 0 Å². The molecule has 0 saturated heterocycles. The number of esters is 3. The molecule has 0 heterocycles. The van der Waals surface area contributed by atoms with E-state index in [1.54, 1.807) is 6.92 Å². The second kappa shape index (κ2) is 13.6. The molecule has 29 heavy (non-hydrogen) atoms. The molecule has 162 valence electrons. The number of ether oxygens (including phenoxy) is 3. The summed E-state index contributed by atoms with van der Waals surface area (Å²) in [5.74, 6) is -2.82. The van der Waals surface area contributed by atoms with Crippen LogP contribution in [0.25, 0.3) is 0 Å². The fourth-order valence-corrected chi connectivity index (χ4v) is 2.58. The summed E-state index contributed by atoms with van der Waals surface area (Å²) in [4.78, 5) is 36.2. The number of carbonyl (C=O) groups excluding carboxylic acids is 3. The number of hydrogen-bond donors (Lipinski definition) is 1. The first-order valence-electron chi connectivity index (χ1n) is 8.62. The fraction of sp³-hybridized carbons (Fsp3) is 0.611. The maximum absolute atomic E-state index is 12.7. The van der Waals surface area contributed by atoms with Crippen LogP contribution in [0.3, 0.4) is 0 Å². The Morgan fingerprint density at radius 3 is 1.76 bits per heavy atom. The van der Waals surface area contributed by atoms with Crippen LogP contribution in [-0.2, 0) is 38.7 Å². The third-order valence-electron chi connectivity index (χ3n) is 3.60. The predicted molar refractivity (Wildman–Crippen MR) is 108 cm³/mol. The van der Waals surface area contributed by atoms with Gasteiger partial charge in [0.05, 0.1) is 12.4 Å². The van der Waals surface area contributed by atoms with Crippen LogP contribution in [0.15, 0.2) is 24.3 Å². The fourth-order valence-electron chi connectivity index (χ4n) is 2.10. The van der Waals surface area contributed by atoms with E-state index in [2.05, 4.69) is 13.2 Å². The van der Waals surface area contributed by atoms with Gasteiger partial charge in [-0.25, -0.2) is 9.59 Å². The van der Waals surface area contributed by atoms with Crippen LogP contribution in [0.4, 0.5) is 0 Å². The molecule has 1 N–H and O–H groups in total. The third kappa shape index (κ3) is 11.9. The van der Waals surface area contributed by atoms with Gasteiger partial charge in [0.2, 0.25) is 0 Å². The molecule has 0 aromatic rings. The molecule has 0 aliphatic heterocycles. The van der Waals surface area contributed by atoms with Crippen molar-refractivity contribution in [2.24, 2.45) is 5.41 Å². The maximum atomic E-state index is 12.7. The van der Waals surface area contributed by atoms with Crippen molar-refractivity contribution < 1.29 is 41.6 Å². The van der Waals surface area contributed by atoms with Crippen LogP contribution in [0.2, 0.25) is 0 Å². The molecule has 0 amide bonds. The van der Waals surface area contributed by atoms with Crippen LogP contribution in [-0.4, -0.2) is 75.3 Å². The van der Waals surface area contributed by atoms with E-state index in [1.807, 2.05) is 0 Å². The predicted octanol–water partition coefficient (Wildman–Crippen LogP) is 1.18. The molecular formula is C18H29LiO9S. The first kappa shape index (κ1) is 29.6. The SMILES string of the molecule is C=C(C)C(=O)OCC(CCC)(COC(=O)C(=C)C)C(=O)OCCCS(=O)(=O)O.[LiH]. The number of rotatable bonds is 13. The zero-order valence-electron chi connectivity index (χ0n) is 16.5. The molecular weight excluding hydrogens is 399 g/mol. The Bertz CT molecular complexity index is 683. The zero-order valence-corrected chi connectivity index (χ0v) is 17.3. The molecule has 0 aromatic heterocycles. The Morgan fingerprint density at radius 2 is 1.41 bits per heavy atom. The molecule has 0 spiro atoms. The van der Waals surface area contributed by atoms with Gasteiger partial charge in [0.1, 0.15) is 18.6 Å². The summed E-state index contributed by atoms with van der Waals surface area (Å²) in [6, 6.07) is 0. The molecule has 0 saturated carbocycles. The summed E-state index contributed by atoms with van der Waals surface area (Å²) in [5, 5.41) is 0. The second-order valence-corrected chi connectivity index (χ2v) is 8.09. The van der Waals surface area contributed by atoms with Crippen molar-refractivity contribution in [2.45, 2.75) is 40.0 Å². The van der Waals surface area contributed by atoms with E-state index in [9.17, 15) is 22.8 Å². The van der Waals surface area contributed by atoms with Gasteiger partial charge in [0.15, 0.2) is 0 Å². The summed E-state index contributed by atoms with van der Waals surface area (Å²) in [7, 11) is -4.18. The number of hydrogen-bond acceptors (Lipinski definition) is 8. The van der Waals surface area contributed by atoms with Crippen LogP contribution >= 0.6 is 0 Å². The van der Waals surface area contributed by atoms with Crippen LogP contribution in [0, 0.1) is 5.41 Å². The molecule has 11 heteroatoms. The molecule has 0 bridgehead atoms. The molecule has 0 atom stereocenters. The minimum absolute atomic E-state index is 0. The van der Waals surface area contributed by atoms with Gasteiger partial charge >= 0.3 is 36.8 Å². The van der Waals surface area contributed by atoms with Gasteiger partial charge < -0.3 is 14.2 Å². The molecule has 0 rings (SSSR count). The average Bonchev–Trinajstić information content (AvgIpc) is 2.59. The van der Waals surface area contributed by atoms with Gasteiger partial charge in [-0.05, 0) is 26.7 Å². The standard InChI is InChI=1S/C18H28O9S.Li.H/c1-6-8-18(11-26-15(19)13(2)3,12-27-16(20)14(4)5)17(21)25-9-7-10-28(22,23)24;;/h2,4,6-12H2,1,3,5H3,(H,22,23,24);;. The Balaban J connectivity index is 0. The Labute approximate surface area is 183 Å². The van der Waals surface area contributed by atoms with E-state index in [1.165, 1.54) is 13.8 Å². The van der Waals surface area contributed by atoms with E-state index < -0.39 is 52.4 Å². The Hall–Kier alpha value is -1.60. The number of carbonyl (C=O) groups is 3. The molecule has 0 aromatic carbocycles. The van der Waals surface area contributed by atoms with E-state index >= 15 is 0 Å². The summed E-state index contributed by atoms with van der Waals surface area (Å²) < 4.78 is 45.5. The van der Waals surface area contributed by atoms with Crippen molar-refractivity contribution in [3.05, 3.63) is 24.3 Å². The van der Waals surface area contributed by atoms with Crippen molar-refractivity contribution in [3.8, 4) is 0 Å². The molecule has 9 nitrogen and oxygen atoms in total. The van der Waals surface area contributed by atoms with Crippen molar-refractivity contribution >= 4 is 46.9 Å². The van der Waals surface area contributed by atoms with E-state index in [0.717, 1.165) is 0 Å². The zero-order chi connectivity index (χ0) is 22.0. The Kier molecular flexibility index (Phi) is 13.9. The molecule has 0 unspecified atom stereocenters. The molecule has 0 fully saturated rings. The Morgan fingerprint density at radius 1 is 0.966 bits per heavy atom. The summed E-state index contributed by atoms with van der Waals surface area (Å²) in [6.45, 7) is 10.5. The average molecular weight is 428 g/mol. The van der Waals surface area contributed by atoms with E-state index in [-0.39, 0.29) is 49.5 Å². The van der Waals surface area contributed by atoms with Crippen LogP contribution < -0.4 is 0 Å². The van der Waals surface area contributed by atoms with Gasteiger partial charge in [-0.15, -0.1) is 0 Å². The molecule has 0 aliphatic rings. The van der Waals surface area contributed by atoms with Gasteiger partial charge in [0.25, 0.3) is 10.1 Å². The molecule has 0 aliphatic carbocycles. The first-order chi connectivity index (χ1) is 12.8. The summed E-state index contributed by atoms with van der Waals surface area (Å²) >= 11 is 0. The monoisotopic (exact) mass is 428 g/mol. The minimum atomic E-state index is -4.18. The second-order valence-electron chi connectivity index (χ2n) is 6.52. The third-order valence-corrected chi connectivity index (χ3v) is 4.40. The summed E-state index contributed by atoms with van der Waals surface area (Å²) in [6.07, 6.45) is 0.538. The normalized spacial score (nSPS) is 11.0. The van der Waals surface area contributed by atoms with Gasteiger partial charge in [-0.2, -0.15) is 8.42 Å². The van der Waals surface area contributed by atoms with Gasteiger partial charge in [-0.1, -0.05) is 26.5 Å². The van der Waals surface area contributed by atoms with E-state index in [0.29, 0.717) is 6.42 Å². The van der Waals surface area contributed by atoms with Gasteiger partial charge in [0, 0.05) is 11.1 Å². The summed E-state index contributed by atoms with van der Waals surface area (Å²) in [5.41, 5.74) is -1.21. The topological polar surface area (TPSA) is 133 Å². The van der Waals surface area contributed by atoms with Crippen molar-refractivity contribution in [1.82, 2.24) is 0 Å². The first-order valence-corrected chi connectivity index (χ1v) is 10.2.